The molecule has 7 nitrogen and oxygen atoms in total. The number of esters is 1. The summed E-state index contributed by atoms with van der Waals surface area (Å²) < 4.78 is 5.10. The molecule has 1 N–H and O–H groups in total. The van der Waals surface area contributed by atoms with Crippen LogP contribution in [0.25, 0.3) is 0 Å². The lowest BCUT2D eigenvalue weighted by atomic mass is 10.2. The molecule has 0 unspecified atom stereocenters. The van der Waals surface area contributed by atoms with Crippen LogP contribution in [0.4, 0.5) is 5.69 Å². The topological polar surface area (TPSA) is 98.5 Å². The Labute approximate surface area is 148 Å². The smallest absolute Gasteiger partial charge is 0.328 e. The summed E-state index contributed by atoms with van der Waals surface area (Å²) in [4.78, 5) is 34.0. The van der Waals surface area contributed by atoms with E-state index in [1.165, 1.54) is 31.2 Å². The Morgan fingerprint density at radius 3 is 2.32 bits per heavy atom. The normalized spacial score (nSPS) is 11.4. The predicted octanol–water partition coefficient (Wildman–Crippen LogP) is 3.11. The number of nitrogens with zero attached hydrogens (tertiary/aromatic N) is 1. The molecule has 1 amide bonds. The number of hydrogen-bond acceptors (Lipinski definition) is 5. The monoisotopic (exact) mass is 362 g/mol. The second-order valence-corrected chi connectivity index (χ2v) is 5.67. The van der Waals surface area contributed by atoms with Crippen molar-refractivity contribution in [1.29, 1.82) is 0 Å². The van der Waals surface area contributed by atoms with E-state index < -0.39 is 22.8 Å². The maximum atomic E-state index is 12.0. The number of benzene rings is 2. The standard InChI is InChI=1S/C17H15ClN2O5/c1-11(19-16(21)13-4-6-14(18)7-5-13)17(22)25-10-12-2-8-15(9-3-12)20(23)24/h2-9,11H,10H2,1H3,(H,19,21)/t11-/m0/s1. The molecule has 2 aromatic carbocycles. The van der Waals surface area contributed by atoms with Gasteiger partial charge in [-0.2, -0.15) is 0 Å². The van der Waals surface area contributed by atoms with Crippen molar-refractivity contribution < 1.29 is 19.2 Å². The van der Waals surface area contributed by atoms with Crippen LogP contribution in [0, 0.1) is 10.1 Å². The van der Waals surface area contributed by atoms with E-state index in [1.54, 1.807) is 24.3 Å². The van der Waals surface area contributed by atoms with E-state index in [4.69, 9.17) is 16.3 Å². The first-order chi connectivity index (χ1) is 11.9. The number of non-ortho nitro benzene ring substituents is 1. The van der Waals surface area contributed by atoms with Gasteiger partial charge in [-0.25, -0.2) is 4.79 Å². The largest absolute Gasteiger partial charge is 0.459 e. The first-order valence-electron chi connectivity index (χ1n) is 7.33. The Morgan fingerprint density at radius 1 is 1.16 bits per heavy atom. The predicted molar refractivity (Wildman–Crippen MR) is 91.3 cm³/mol. The molecule has 0 saturated heterocycles. The van der Waals surface area contributed by atoms with Crippen LogP contribution in [0.1, 0.15) is 22.8 Å². The van der Waals surface area contributed by atoms with Gasteiger partial charge in [0.05, 0.1) is 4.92 Å². The van der Waals surface area contributed by atoms with Crippen LogP contribution in [-0.4, -0.2) is 22.8 Å². The number of halogens is 1. The summed E-state index contributed by atoms with van der Waals surface area (Å²) in [7, 11) is 0. The molecule has 130 valence electrons. The molecule has 0 aliphatic rings. The summed E-state index contributed by atoms with van der Waals surface area (Å²) in [6, 6.07) is 11.1. The van der Waals surface area contributed by atoms with Gasteiger partial charge >= 0.3 is 5.97 Å². The van der Waals surface area contributed by atoms with Crippen molar-refractivity contribution >= 4 is 29.2 Å². The Kier molecular flexibility index (Phi) is 6.08. The zero-order chi connectivity index (χ0) is 18.4. The average molecular weight is 363 g/mol. The molecule has 0 fully saturated rings. The highest BCUT2D eigenvalue weighted by Crippen LogP contribution is 2.13. The van der Waals surface area contributed by atoms with Crippen molar-refractivity contribution in [2.75, 3.05) is 0 Å². The highest BCUT2D eigenvalue weighted by atomic mass is 35.5. The fourth-order valence-electron chi connectivity index (χ4n) is 1.93. The minimum Gasteiger partial charge on any atom is -0.459 e. The van der Waals surface area contributed by atoms with E-state index in [-0.39, 0.29) is 12.3 Å². The Morgan fingerprint density at radius 2 is 1.76 bits per heavy atom. The van der Waals surface area contributed by atoms with Crippen molar-refractivity contribution in [3.63, 3.8) is 0 Å². The van der Waals surface area contributed by atoms with Crippen LogP contribution in [0.5, 0.6) is 0 Å². The summed E-state index contributed by atoms with van der Waals surface area (Å²) in [6.45, 7) is 1.46. The summed E-state index contributed by atoms with van der Waals surface area (Å²) in [5, 5.41) is 13.6. The lowest BCUT2D eigenvalue weighted by Crippen LogP contribution is -2.39. The zero-order valence-electron chi connectivity index (χ0n) is 13.3. The zero-order valence-corrected chi connectivity index (χ0v) is 14.0. The van der Waals surface area contributed by atoms with Crippen molar-refractivity contribution in [3.8, 4) is 0 Å². The highest BCUT2D eigenvalue weighted by Gasteiger charge is 2.18. The molecule has 0 aliphatic carbocycles. The highest BCUT2D eigenvalue weighted by molar-refractivity contribution is 6.30. The minimum atomic E-state index is -0.846. The first kappa shape index (κ1) is 18.4. The Hall–Kier alpha value is -2.93. The van der Waals surface area contributed by atoms with Gasteiger partial charge in [-0.15, -0.1) is 0 Å². The van der Waals surface area contributed by atoms with Gasteiger partial charge in [0.2, 0.25) is 0 Å². The molecule has 2 rings (SSSR count). The van der Waals surface area contributed by atoms with Gasteiger partial charge in [0.1, 0.15) is 12.6 Å². The van der Waals surface area contributed by atoms with Crippen LogP contribution in [0.2, 0.25) is 5.02 Å². The number of hydrogen-bond donors (Lipinski definition) is 1. The lowest BCUT2D eigenvalue weighted by molar-refractivity contribution is -0.384. The van der Waals surface area contributed by atoms with Crippen LogP contribution in [0.3, 0.4) is 0 Å². The number of nitrogens with one attached hydrogen (secondary N) is 1. The SMILES string of the molecule is C[C@H](NC(=O)c1ccc(Cl)cc1)C(=O)OCc1ccc([N+](=O)[O-])cc1. The van der Waals surface area contributed by atoms with Gasteiger partial charge in [0.15, 0.2) is 0 Å². The van der Waals surface area contributed by atoms with Crippen molar-refractivity contribution in [2.24, 2.45) is 0 Å². The van der Waals surface area contributed by atoms with Gasteiger partial charge in [-0.1, -0.05) is 11.6 Å². The molecule has 0 bridgehead atoms. The van der Waals surface area contributed by atoms with Gasteiger partial charge < -0.3 is 10.1 Å². The molecule has 25 heavy (non-hydrogen) atoms. The molecule has 0 spiro atoms. The van der Waals surface area contributed by atoms with E-state index in [0.717, 1.165) is 0 Å². The summed E-state index contributed by atoms with van der Waals surface area (Å²) in [5.74, 6) is -1.03. The number of carbonyl (C=O) groups is 2. The second-order valence-electron chi connectivity index (χ2n) is 5.23. The molecule has 0 radical (unpaired) electrons. The third kappa shape index (κ3) is 5.29. The number of ether oxygens (including phenoxy) is 1. The summed E-state index contributed by atoms with van der Waals surface area (Å²) in [6.07, 6.45) is 0. The van der Waals surface area contributed by atoms with E-state index in [2.05, 4.69) is 5.32 Å². The van der Waals surface area contributed by atoms with Gasteiger partial charge in [-0.3, -0.25) is 14.9 Å². The van der Waals surface area contributed by atoms with E-state index in [0.29, 0.717) is 16.1 Å². The Balaban J connectivity index is 1.86. The first-order valence-corrected chi connectivity index (χ1v) is 7.71. The molecular formula is C17H15ClN2O5. The molecule has 0 heterocycles. The van der Waals surface area contributed by atoms with Gasteiger partial charge in [-0.05, 0) is 48.9 Å². The third-order valence-corrected chi connectivity index (χ3v) is 3.59. The van der Waals surface area contributed by atoms with E-state index in [1.807, 2.05) is 0 Å². The third-order valence-electron chi connectivity index (χ3n) is 3.34. The maximum Gasteiger partial charge on any atom is 0.328 e. The quantitative estimate of drug-likeness (QED) is 0.483. The number of nitro benzene ring substituents is 1. The van der Waals surface area contributed by atoms with Crippen molar-refractivity contribution in [3.05, 3.63) is 74.8 Å². The summed E-state index contributed by atoms with van der Waals surface area (Å²) >= 11 is 5.76. The number of amides is 1. The molecule has 8 heteroatoms. The average Bonchev–Trinajstić information content (AvgIpc) is 2.60. The molecular weight excluding hydrogens is 348 g/mol. The molecule has 2 aromatic rings. The number of nitro groups is 1. The fourth-order valence-corrected chi connectivity index (χ4v) is 2.06. The van der Waals surface area contributed by atoms with Gasteiger partial charge in [0.25, 0.3) is 11.6 Å². The van der Waals surface area contributed by atoms with Crippen molar-refractivity contribution in [2.45, 2.75) is 19.6 Å². The summed E-state index contributed by atoms with van der Waals surface area (Å²) in [5.41, 5.74) is 0.938. The van der Waals surface area contributed by atoms with Crippen LogP contribution >= 0.6 is 11.6 Å². The molecule has 0 aliphatic heterocycles. The maximum absolute atomic E-state index is 12.0. The van der Waals surface area contributed by atoms with Crippen LogP contribution in [0.15, 0.2) is 48.5 Å². The molecule has 1 atom stereocenters. The van der Waals surface area contributed by atoms with Crippen molar-refractivity contribution in [1.82, 2.24) is 5.32 Å². The van der Waals surface area contributed by atoms with E-state index in [9.17, 15) is 19.7 Å². The fraction of sp³-hybridized carbons (Fsp3) is 0.176. The van der Waals surface area contributed by atoms with Gasteiger partial charge in [0, 0.05) is 22.7 Å². The molecule has 0 aromatic heterocycles. The van der Waals surface area contributed by atoms with Crippen LogP contribution in [-0.2, 0) is 16.1 Å². The van der Waals surface area contributed by atoms with Crippen LogP contribution < -0.4 is 5.32 Å². The lowest BCUT2D eigenvalue weighted by Gasteiger charge is -2.13. The Bertz CT molecular complexity index is 775. The van der Waals surface area contributed by atoms with E-state index >= 15 is 0 Å². The number of carbonyl (C=O) groups excluding carboxylic acids is 2. The second kappa shape index (κ2) is 8.25. The molecule has 0 saturated carbocycles. The minimum absolute atomic E-state index is 0.0429. The number of rotatable bonds is 6.